The fourth-order valence-electron chi connectivity index (χ4n) is 1.03. The van der Waals surface area contributed by atoms with Crippen molar-refractivity contribution in [3.63, 3.8) is 0 Å². The standard InChI is InChI=1S/C7H6N6O/c8-7(9)13-5-6(14)11-3-1-2-10-4(3)12-5/h1-2H,(H4,8,9,10,12,13). The van der Waals surface area contributed by atoms with Gasteiger partial charge >= 0.3 is 5.91 Å². The fourth-order valence-corrected chi connectivity index (χ4v) is 1.03. The van der Waals surface area contributed by atoms with E-state index in [1.807, 2.05) is 0 Å². The van der Waals surface area contributed by atoms with Crippen LogP contribution < -0.4 is 16.6 Å². The average molecular weight is 190 g/mol. The number of guanidine groups is 1. The van der Waals surface area contributed by atoms with Crippen LogP contribution in [-0.4, -0.2) is 22.7 Å². The molecular weight excluding hydrogens is 184 g/mol. The Hall–Kier alpha value is -2.31. The van der Waals surface area contributed by atoms with Gasteiger partial charge in [-0.2, -0.15) is 4.99 Å². The summed E-state index contributed by atoms with van der Waals surface area (Å²) in [6, 6.07) is 1.63. The molecule has 0 saturated heterocycles. The molecule has 1 amide bonds. The van der Waals surface area contributed by atoms with Crippen molar-refractivity contribution < 1.29 is 4.79 Å². The maximum absolute atomic E-state index is 11.2. The van der Waals surface area contributed by atoms with Crippen LogP contribution in [0.5, 0.6) is 0 Å². The normalized spacial score (nSPS) is 17.1. The van der Waals surface area contributed by atoms with Gasteiger partial charge in [0.2, 0.25) is 11.8 Å². The number of nitrogens with zero attached hydrogens (tertiary/aromatic N) is 3. The number of H-pyrrole nitrogens is 1. The minimum atomic E-state index is -0.590. The van der Waals surface area contributed by atoms with Gasteiger partial charge in [-0.1, -0.05) is 0 Å². The number of rotatable bonds is 0. The number of carbonyl (C=O) groups is 1. The Morgan fingerprint density at radius 1 is 1.57 bits per heavy atom. The van der Waals surface area contributed by atoms with Crippen LogP contribution in [0.1, 0.15) is 0 Å². The second-order valence-electron chi connectivity index (χ2n) is 2.56. The van der Waals surface area contributed by atoms with Crippen LogP contribution >= 0.6 is 0 Å². The maximum Gasteiger partial charge on any atom is 0.315 e. The number of aromatic nitrogens is 1. The van der Waals surface area contributed by atoms with Crippen molar-refractivity contribution in [3.8, 4) is 0 Å². The van der Waals surface area contributed by atoms with Crippen molar-refractivity contribution in [2.45, 2.75) is 0 Å². The lowest BCUT2D eigenvalue weighted by molar-refractivity contribution is -0.112. The van der Waals surface area contributed by atoms with Gasteiger partial charge in [-0.15, -0.1) is 0 Å². The van der Waals surface area contributed by atoms with Gasteiger partial charge in [0.15, 0.2) is 5.49 Å². The molecule has 4 N–H and O–H groups in total. The third kappa shape index (κ3) is 1.30. The number of fused-ring (bicyclic) bond motifs is 1. The number of amides is 1. The predicted octanol–water partition coefficient (Wildman–Crippen LogP) is -1.91. The molecule has 2 heterocycles. The SMILES string of the molecule is N=C(N)/N=C1\N=c2[nH]ccc2=NC1=O. The highest BCUT2D eigenvalue weighted by Gasteiger charge is 2.14. The van der Waals surface area contributed by atoms with Crippen molar-refractivity contribution >= 4 is 17.7 Å². The summed E-state index contributed by atoms with van der Waals surface area (Å²) in [6.07, 6.45) is 1.61. The van der Waals surface area contributed by atoms with Gasteiger partial charge in [0, 0.05) is 6.20 Å². The highest BCUT2D eigenvalue weighted by atomic mass is 16.1. The molecule has 2 rings (SSSR count). The van der Waals surface area contributed by atoms with Crippen molar-refractivity contribution in [2.24, 2.45) is 20.7 Å². The molecule has 7 heteroatoms. The molecule has 70 valence electrons. The lowest BCUT2D eigenvalue weighted by Crippen LogP contribution is -2.34. The van der Waals surface area contributed by atoms with Gasteiger partial charge in [-0.05, 0) is 6.07 Å². The predicted molar refractivity (Wildman–Crippen MR) is 47.5 cm³/mol. The van der Waals surface area contributed by atoms with E-state index >= 15 is 0 Å². The first-order chi connectivity index (χ1) is 6.66. The van der Waals surface area contributed by atoms with Crippen LogP contribution in [0.3, 0.4) is 0 Å². The van der Waals surface area contributed by atoms with Gasteiger partial charge in [0.25, 0.3) is 0 Å². The Bertz CT molecular complexity index is 551. The molecule has 0 aromatic carbocycles. The summed E-state index contributed by atoms with van der Waals surface area (Å²) in [4.78, 5) is 25.0. The topological polar surface area (TPSA) is 120 Å². The molecule has 1 aliphatic heterocycles. The monoisotopic (exact) mass is 190 g/mol. The Balaban J connectivity index is 2.64. The third-order valence-corrected chi connectivity index (χ3v) is 1.56. The second kappa shape index (κ2) is 2.87. The number of aromatic amines is 1. The summed E-state index contributed by atoms with van der Waals surface area (Å²) in [6.45, 7) is 0. The largest absolute Gasteiger partial charge is 0.368 e. The number of nitrogens with two attached hydrogens (primary N) is 1. The Labute approximate surface area is 77.6 Å². The molecule has 0 bridgehead atoms. The number of nitrogens with one attached hydrogen (secondary N) is 2. The molecular formula is C7H6N6O. The van der Waals surface area contributed by atoms with E-state index in [0.717, 1.165) is 0 Å². The lowest BCUT2D eigenvalue weighted by Gasteiger charge is -1.97. The smallest absolute Gasteiger partial charge is 0.315 e. The van der Waals surface area contributed by atoms with E-state index in [2.05, 4.69) is 20.0 Å². The molecule has 1 aromatic heterocycles. The minimum absolute atomic E-state index is 0.174. The van der Waals surface area contributed by atoms with E-state index in [9.17, 15) is 4.79 Å². The summed E-state index contributed by atoms with van der Waals surface area (Å²) in [7, 11) is 0. The zero-order valence-corrected chi connectivity index (χ0v) is 6.98. The maximum atomic E-state index is 11.2. The summed E-state index contributed by atoms with van der Waals surface area (Å²) in [5.41, 5.74) is 5.46. The van der Waals surface area contributed by atoms with E-state index in [4.69, 9.17) is 11.1 Å². The second-order valence-corrected chi connectivity index (χ2v) is 2.56. The van der Waals surface area contributed by atoms with E-state index in [0.29, 0.717) is 10.8 Å². The molecule has 0 saturated carbocycles. The van der Waals surface area contributed by atoms with Crippen LogP contribution in [-0.2, 0) is 4.79 Å². The van der Waals surface area contributed by atoms with Crippen LogP contribution in [0.15, 0.2) is 27.2 Å². The number of hydrogen-bond acceptors (Lipinski definition) is 2. The van der Waals surface area contributed by atoms with Crippen LogP contribution in [0.2, 0.25) is 0 Å². The molecule has 0 fully saturated rings. The summed E-state index contributed by atoms with van der Waals surface area (Å²) >= 11 is 0. The van der Waals surface area contributed by atoms with Gasteiger partial charge in [0.05, 0.1) is 0 Å². The highest BCUT2D eigenvalue weighted by molar-refractivity contribution is 6.40. The minimum Gasteiger partial charge on any atom is -0.368 e. The summed E-state index contributed by atoms with van der Waals surface area (Å²) < 4.78 is 0. The molecule has 7 nitrogen and oxygen atoms in total. The average Bonchev–Trinajstić information content (AvgIpc) is 2.51. The highest BCUT2D eigenvalue weighted by Crippen LogP contribution is 1.88. The Kier molecular flexibility index (Phi) is 1.70. The van der Waals surface area contributed by atoms with Crippen LogP contribution in [0.25, 0.3) is 0 Å². The molecule has 14 heavy (non-hydrogen) atoms. The molecule has 0 spiro atoms. The quantitative estimate of drug-likeness (QED) is 0.326. The molecule has 0 atom stereocenters. The summed E-state index contributed by atoms with van der Waals surface area (Å²) in [5, 5.41) is 7.36. The van der Waals surface area contributed by atoms with Crippen molar-refractivity contribution in [3.05, 3.63) is 23.1 Å². The number of amidine groups is 1. The van der Waals surface area contributed by atoms with E-state index in [1.165, 1.54) is 0 Å². The van der Waals surface area contributed by atoms with Gasteiger partial charge in [-0.3, -0.25) is 10.2 Å². The first kappa shape index (κ1) is 8.30. The first-order valence-electron chi connectivity index (χ1n) is 3.75. The zero-order valence-electron chi connectivity index (χ0n) is 6.98. The van der Waals surface area contributed by atoms with Crippen molar-refractivity contribution in [1.29, 1.82) is 5.41 Å². The number of aliphatic imine (C=N–C) groups is 1. The first-order valence-corrected chi connectivity index (χ1v) is 3.75. The number of carbonyl (C=O) groups excluding carboxylic acids is 1. The van der Waals surface area contributed by atoms with E-state index in [-0.39, 0.29) is 5.84 Å². The summed E-state index contributed by atoms with van der Waals surface area (Å²) in [5.74, 6) is -1.23. The van der Waals surface area contributed by atoms with Crippen LogP contribution in [0.4, 0.5) is 0 Å². The lowest BCUT2D eigenvalue weighted by atomic mass is 10.4. The van der Waals surface area contributed by atoms with E-state index in [1.54, 1.807) is 12.3 Å². The van der Waals surface area contributed by atoms with Gasteiger partial charge < -0.3 is 10.7 Å². The Morgan fingerprint density at radius 3 is 3.07 bits per heavy atom. The fraction of sp³-hybridized carbons (Fsp3) is 0. The Morgan fingerprint density at radius 2 is 2.36 bits per heavy atom. The molecule has 0 radical (unpaired) electrons. The van der Waals surface area contributed by atoms with E-state index < -0.39 is 11.9 Å². The third-order valence-electron chi connectivity index (χ3n) is 1.56. The molecule has 1 aromatic rings. The van der Waals surface area contributed by atoms with Crippen molar-refractivity contribution in [2.75, 3.05) is 0 Å². The molecule has 0 unspecified atom stereocenters. The van der Waals surface area contributed by atoms with Crippen LogP contribution in [0, 0.1) is 5.41 Å². The molecule has 0 aliphatic carbocycles. The number of hydrogen-bond donors (Lipinski definition) is 3. The van der Waals surface area contributed by atoms with Gasteiger partial charge in [-0.25, -0.2) is 9.98 Å². The van der Waals surface area contributed by atoms with Crippen molar-refractivity contribution in [1.82, 2.24) is 4.98 Å². The zero-order chi connectivity index (χ0) is 10.1. The van der Waals surface area contributed by atoms with Gasteiger partial charge in [0.1, 0.15) is 5.36 Å². The molecule has 1 aliphatic rings.